The van der Waals surface area contributed by atoms with Crippen molar-refractivity contribution >= 4 is 11.0 Å². The second kappa shape index (κ2) is 14.5. The Bertz CT molecular complexity index is 2940. The van der Waals surface area contributed by atoms with Crippen LogP contribution in [0.5, 0.6) is 5.75 Å². The van der Waals surface area contributed by atoms with Crippen molar-refractivity contribution < 1.29 is 38.5 Å². The maximum Gasteiger partial charge on any atom is 0.148 e. The van der Waals surface area contributed by atoms with Gasteiger partial charge in [0.15, 0.2) is 0 Å². The van der Waals surface area contributed by atoms with Gasteiger partial charge in [0.25, 0.3) is 0 Å². The van der Waals surface area contributed by atoms with Crippen molar-refractivity contribution in [2.45, 2.75) is 26.0 Å². The van der Waals surface area contributed by atoms with Gasteiger partial charge in [0.1, 0.15) is 11.6 Å². The molecular weight excluding hydrogens is 832 g/mol. The van der Waals surface area contributed by atoms with E-state index in [1.54, 1.807) is 18.2 Å². The number of phenols is 1. The van der Waals surface area contributed by atoms with Gasteiger partial charge in [0.05, 0.1) is 28.4 Å². The van der Waals surface area contributed by atoms with Crippen LogP contribution in [0.2, 0.25) is 0 Å². The molecule has 0 aliphatic heterocycles. The number of fused-ring (bicyclic) bond motifs is 1. The topological polar surface area (TPSA) is 74.7 Å². The summed E-state index contributed by atoms with van der Waals surface area (Å²) in [4.78, 5) is 9.60. The van der Waals surface area contributed by atoms with E-state index < -0.39 is 31.5 Å². The molecule has 1 N–H and O–H groups in total. The summed E-state index contributed by atoms with van der Waals surface area (Å²) in [5.41, 5.74) is 2.10. The van der Waals surface area contributed by atoms with Crippen molar-refractivity contribution in [3.05, 3.63) is 169 Å². The maximum absolute atomic E-state index is 11.6. The molecule has 0 atom stereocenters. The Labute approximate surface area is 336 Å². The zero-order valence-corrected chi connectivity index (χ0v) is 30.3. The second-order valence-electron chi connectivity index (χ2n) is 12.4. The van der Waals surface area contributed by atoms with Crippen LogP contribution in [0.3, 0.4) is 0 Å². The molecule has 53 heavy (non-hydrogen) atoms. The van der Waals surface area contributed by atoms with Crippen LogP contribution in [0.1, 0.15) is 44.0 Å². The molecule has 260 valence electrons. The fraction of sp³-hybridized carbons (Fsp3) is 0.0851. The third kappa shape index (κ3) is 6.71. The molecular formula is C47H35N4OPt-. The number of rotatable bonds is 6. The van der Waals surface area contributed by atoms with Crippen LogP contribution in [0.15, 0.2) is 152 Å². The van der Waals surface area contributed by atoms with E-state index >= 15 is 0 Å². The summed E-state index contributed by atoms with van der Waals surface area (Å²) in [7, 11) is 0. The summed E-state index contributed by atoms with van der Waals surface area (Å²) in [6.07, 6.45) is 1.41. The largest absolute Gasteiger partial charge is 0.507 e. The Morgan fingerprint density at radius 3 is 2.15 bits per heavy atom. The summed E-state index contributed by atoms with van der Waals surface area (Å²) in [6, 6.07) is 48.4. The van der Waals surface area contributed by atoms with Crippen molar-refractivity contribution in [3.63, 3.8) is 0 Å². The number of nitrogens with zero attached hydrogens (tertiary/aromatic N) is 4. The van der Waals surface area contributed by atoms with E-state index in [-0.39, 0.29) is 49.2 Å². The van der Waals surface area contributed by atoms with Gasteiger partial charge in [-0.25, -0.2) is 4.98 Å². The predicted octanol–water partition coefficient (Wildman–Crippen LogP) is 11.4. The van der Waals surface area contributed by atoms with Crippen LogP contribution in [-0.2, 0) is 26.5 Å². The molecule has 6 aromatic carbocycles. The predicted molar refractivity (Wildman–Crippen MR) is 210 cm³/mol. The monoisotopic (exact) mass is 875 g/mol. The number of aromatic nitrogens is 3. The van der Waals surface area contributed by atoms with Gasteiger partial charge in [0.2, 0.25) is 0 Å². The molecule has 0 bridgehead atoms. The number of aromatic hydroxyl groups is 1. The Hall–Kier alpha value is -6.08. The summed E-state index contributed by atoms with van der Waals surface area (Å²) in [5, 5.41) is 21.7. The van der Waals surface area contributed by atoms with E-state index in [1.165, 1.54) is 24.4 Å². The third-order valence-corrected chi connectivity index (χ3v) is 9.03. The van der Waals surface area contributed by atoms with Crippen molar-refractivity contribution in [3.8, 4) is 73.5 Å². The molecule has 0 radical (unpaired) electrons. The molecule has 0 aliphatic rings. The standard InChI is InChI=1S/C47H35N4O.Pt/c1-47(2,3)37-27-35(26-36(28-37)44-34(30-48)18-13-25-49-44)39-20-12-22-42-45(39)50-46(40-29-33(23-24-43(40)52)31-14-6-4-7-15-31)51(42)41-21-11-10-19-38(41)32-16-8-5-9-17-32;/h4-25,27-29,52H,1-3H3;/q-1;/i1D3,2D3,3D3;. The van der Waals surface area contributed by atoms with Crippen LogP contribution in [0.25, 0.3) is 72.7 Å². The molecule has 8 aromatic rings. The fourth-order valence-corrected chi connectivity index (χ4v) is 6.57. The van der Waals surface area contributed by atoms with Crippen molar-refractivity contribution in [2.75, 3.05) is 0 Å². The second-order valence-corrected chi connectivity index (χ2v) is 12.4. The number of imidazole rings is 1. The number of para-hydroxylation sites is 2. The molecule has 0 aliphatic carbocycles. The smallest absolute Gasteiger partial charge is 0.148 e. The zero-order valence-electron chi connectivity index (χ0n) is 37.0. The van der Waals surface area contributed by atoms with Gasteiger partial charge < -0.3 is 5.11 Å². The molecule has 0 unspecified atom stereocenters. The van der Waals surface area contributed by atoms with Crippen LogP contribution in [0, 0.1) is 17.4 Å². The fourth-order valence-electron chi connectivity index (χ4n) is 6.57. The summed E-state index contributed by atoms with van der Waals surface area (Å²) in [6.45, 7) is -10.7. The van der Waals surface area contributed by atoms with Gasteiger partial charge in [0, 0.05) is 56.4 Å². The number of phenolic OH excluding ortho intramolecular Hbond substituents is 1. The van der Waals surface area contributed by atoms with E-state index in [2.05, 4.69) is 17.1 Å². The minimum Gasteiger partial charge on any atom is -0.507 e. The maximum atomic E-state index is 11.6. The van der Waals surface area contributed by atoms with E-state index in [9.17, 15) is 10.4 Å². The Balaban J connectivity index is 0.00000578. The Kier molecular flexibility index (Phi) is 7.06. The number of nitriles is 1. The van der Waals surface area contributed by atoms with Gasteiger partial charge in [-0.3, -0.25) is 9.55 Å². The average Bonchev–Trinajstić information content (AvgIpc) is 3.62. The SMILES string of the molecule is [2H]C([2H])([2H])C(c1cc(-c2ncccc2C#N)[c-]c(-c2cccc3c2nc(-c2cc(-c4ccccc4)ccc2O)n3-c2ccccc2-c2ccccc2)c1)(C([2H])([2H])[2H])C([2H])([2H])[2H].[Pt]. The first kappa shape index (κ1) is 25.8. The van der Waals surface area contributed by atoms with Gasteiger partial charge >= 0.3 is 0 Å². The van der Waals surface area contributed by atoms with Crippen LogP contribution >= 0.6 is 0 Å². The number of pyridine rings is 1. The van der Waals surface area contributed by atoms with Gasteiger partial charge in [-0.15, -0.1) is 29.3 Å². The third-order valence-electron chi connectivity index (χ3n) is 9.03. The van der Waals surface area contributed by atoms with Crippen molar-refractivity contribution in [2.24, 2.45) is 0 Å². The number of benzene rings is 6. The molecule has 0 spiro atoms. The van der Waals surface area contributed by atoms with Gasteiger partial charge in [-0.2, -0.15) is 5.26 Å². The Morgan fingerprint density at radius 2 is 1.40 bits per heavy atom. The minimum absolute atomic E-state index is 0. The minimum atomic E-state index is -3.58. The number of hydrogen-bond donors (Lipinski definition) is 1. The van der Waals surface area contributed by atoms with Crippen LogP contribution < -0.4 is 0 Å². The van der Waals surface area contributed by atoms with Crippen molar-refractivity contribution in [1.29, 1.82) is 5.26 Å². The molecule has 2 aromatic heterocycles. The molecule has 5 nitrogen and oxygen atoms in total. The van der Waals surface area contributed by atoms with E-state index in [0.717, 1.165) is 28.3 Å². The van der Waals surface area contributed by atoms with Crippen LogP contribution in [-0.4, -0.2) is 19.6 Å². The first-order valence-electron chi connectivity index (χ1n) is 21.0. The van der Waals surface area contributed by atoms with Crippen LogP contribution in [0.4, 0.5) is 0 Å². The molecule has 0 saturated carbocycles. The average molecular weight is 876 g/mol. The summed E-state index contributed by atoms with van der Waals surface area (Å²) >= 11 is 0. The Morgan fingerprint density at radius 1 is 0.698 bits per heavy atom. The summed E-state index contributed by atoms with van der Waals surface area (Å²) < 4.78 is 78.9. The summed E-state index contributed by atoms with van der Waals surface area (Å²) in [5.74, 6) is 0.290. The molecule has 2 heterocycles. The van der Waals surface area contributed by atoms with Crippen molar-refractivity contribution in [1.82, 2.24) is 14.5 Å². The molecule has 8 rings (SSSR count). The molecule has 0 amide bonds. The van der Waals surface area contributed by atoms with E-state index in [1.807, 2.05) is 108 Å². The first-order valence-corrected chi connectivity index (χ1v) is 16.5. The molecule has 0 fully saturated rings. The van der Waals surface area contributed by atoms with Gasteiger partial charge in [-0.05, 0) is 58.5 Å². The van der Waals surface area contributed by atoms with E-state index in [4.69, 9.17) is 17.3 Å². The normalized spacial score (nSPS) is 14.4. The van der Waals surface area contributed by atoms with E-state index in [0.29, 0.717) is 33.7 Å². The molecule has 0 saturated heterocycles. The number of hydrogen-bond acceptors (Lipinski definition) is 4. The first-order chi connectivity index (χ1) is 29.0. The quantitative estimate of drug-likeness (QED) is 0.169. The van der Waals surface area contributed by atoms with Gasteiger partial charge in [-0.1, -0.05) is 129 Å². The zero-order chi connectivity index (χ0) is 43.3. The molecule has 6 heteroatoms.